The number of hydrogen-bond acceptors (Lipinski definition) is 4. The molecule has 0 saturated heterocycles. The zero-order valence-electron chi connectivity index (χ0n) is 9.35. The second-order valence-electron chi connectivity index (χ2n) is 3.51. The van der Waals surface area contributed by atoms with Gasteiger partial charge in [0.1, 0.15) is 0 Å². The van der Waals surface area contributed by atoms with Gasteiger partial charge in [-0.15, -0.1) is 0 Å². The van der Waals surface area contributed by atoms with Crippen molar-refractivity contribution in [3.05, 3.63) is 0 Å². The molecule has 4 nitrogen and oxygen atoms in total. The molecule has 0 aromatic carbocycles. The van der Waals surface area contributed by atoms with Crippen LogP contribution in [0.5, 0.6) is 0 Å². The molecule has 4 N–H and O–H groups in total. The molecule has 3 unspecified atom stereocenters. The predicted molar refractivity (Wildman–Crippen MR) is 56.0 cm³/mol. The fourth-order valence-electron chi connectivity index (χ4n) is 0.747. The highest BCUT2D eigenvalue weighted by Crippen LogP contribution is 1.99. The SMILES string of the molecule is CC(O)CCO.CCC(O)CC(C)O. The van der Waals surface area contributed by atoms with Gasteiger partial charge in [-0.25, -0.2) is 0 Å². The molecule has 88 valence electrons. The molecule has 4 heteroatoms. The van der Waals surface area contributed by atoms with Crippen molar-refractivity contribution < 1.29 is 20.4 Å². The predicted octanol–water partition coefficient (Wildman–Crippen LogP) is 0.278. The Bertz CT molecular complexity index is 104. The molecule has 0 aliphatic heterocycles. The van der Waals surface area contributed by atoms with Gasteiger partial charge in [0, 0.05) is 6.61 Å². The van der Waals surface area contributed by atoms with E-state index in [2.05, 4.69) is 0 Å². The van der Waals surface area contributed by atoms with E-state index in [4.69, 9.17) is 20.4 Å². The third kappa shape index (κ3) is 17.8. The summed E-state index contributed by atoms with van der Waals surface area (Å²) in [5.74, 6) is 0. The first-order chi connectivity index (χ1) is 6.43. The summed E-state index contributed by atoms with van der Waals surface area (Å²) in [6.45, 7) is 5.31. The lowest BCUT2D eigenvalue weighted by molar-refractivity contribution is 0.0883. The van der Waals surface area contributed by atoms with Gasteiger partial charge in [-0.05, 0) is 33.1 Å². The Labute approximate surface area is 86.2 Å². The number of hydrogen-bond donors (Lipinski definition) is 4. The molecule has 0 fully saturated rings. The summed E-state index contributed by atoms with van der Waals surface area (Å²) < 4.78 is 0. The van der Waals surface area contributed by atoms with Gasteiger partial charge in [-0.3, -0.25) is 0 Å². The zero-order valence-corrected chi connectivity index (χ0v) is 9.35. The van der Waals surface area contributed by atoms with Crippen molar-refractivity contribution >= 4 is 0 Å². The smallest absolute Gasteiger partial charge is 0.0562 e. The Morgan fingerprint density at radius 2 is 1.50 bits per heavy atom. The van der Waals surface area contributed by atoms with Gasteiger partial charge < -0.3 is 20.4 Å². The molecule has 0 aliphatic rings. The largest absolute Gasteiger partial charge is 0.396 e. The van der Waals surface area contributed by atoms with Crippen molar-refractivity contribution in [1.29, 1.82) is 0 Å². The molecular formula is C10H24O4. The van der Waals surface area contributed by atoms with E-state index in [9.17, 15) is 0 Å². The highest BCUT2D eigenvalue weighted by Gasteiger charge is 2.03. The van der Waals surface area contributed by atoms with E-state index in [1.807, 2.05) is 6.92 Å². The van der Waals surface area contributed by atoms with E-state index >= 15 is 0 Å². The minimum absolute atomic E-state index is 0.0810. The van der Waals surface area contributed by atoms with Crippen LogP contribution in [-0.2, 0) is 0 Å². The number of aliphatic hydroxyl groups is 4. The van der Waals surface area contributed by atoms with Crippen LogP contribution in [0.15, 0.2) is 0 Å². The normalized spacial score (nSPS) is 16.5. The van der Waals surface area contributed by atoms with Crippen LogP contribution in [0.1, 0.15) is 40.0 Å². The second kappa shape index (κ2) is 10.9. The van der Waals surface area contributed by atoms with E-state index in [0.29, 0.717) is 12.8 Å². The minimum Gasteiger partial charge on any atom is -0.396 e. The van der Waals surface area contributed by atoms with Crippen LogP contribution in [0.2, 0.25) is 0 Å². The summed E-state index contributed by atoms with van der Waals surface area (Å²) in [5, 5.41) is 34.0. The van der Waals surface area contributed by atoms with E-state index in [0.717, 1.165) is 6.42 Å². The van der Waals surface area contributed by atoms with Gasteiger partial charge in [-0.1, -0.05) is 6.92 Å². The first-order valence-corrected chi connectivity index (χ1v) is 5.09. The molecule has 0 aliphatic carbocycles. The van der Waals surface area contributed by atoms with Gasteiger partial charge in [0.15, 0.2) is 0 Å². The highest BCUT2D eigenvalue weighted by atomic mass is 16.3. The maximum absolute atomic E-state index is 8.87. The maximum atomic E-state index is 8.87. The van der Waals surface area contributed by atoms with Gasteiger partial charge >= 0.3 is 0 Å². The van der Waals surface area contributed by atoms with E-state index in [1.165, 1.54) is 0 Å². The Hall–Kier alpha value is -0.160. The molecule has 0 rings (SSSR count). The summed E-state index contributed by atoms with van der Waals surface area (Å²) in [5.41, 5.74) is 0. The van der Waals surface area contributed by atoms with E-state index < -0.39 is 0 Å². The first-order valence-electron chi connectivity index (χ1n) is 5.09. The van der Waals surface area contributed by atoms with Crippen LogP contribution >= 0.6 is 0 Å². The van der Waals surface area contributed by atoms with E-state index in [-0.39, 0.29) is 24.9 Å². The third-order valence-corrected chi connectivity index (χ3v) is 1.63. The van der Waals surface area contributed by atoms with Gasteiger partial charge in [0.05, 0.1) is 18.3 Å². The Morgan fingerprint density at radius 1 is 1.00 bits per heavy atom. The fourth-order valence-corrected chi connectivity index (χ4v) is 0.747. The summed E-state index contributed by atoms with van der Waals surface area (Å²) in [6, 6.07) is 0. The average molecular weight is 208 g/mol. The topological polar surface area (TPSA) is 80.9 Å². The molecule has 0 amide bonds. The van der Waals surface area contributed by atoms with Gasteiger partial charge in [0.25, 0.3) is 0 Å². The lowest BCUT2D eigenvalue weighted by atomic mass is 10.1. The molecule has 3 atom stereocenters. The quantitative estimate of drug-likeness (QED) is 0.523. The summed E-state index contributed by atoms with van der Waals surface area (Å²) >= 11 is 0. The van der Waals surface area contributed by atoms with E-state index in [1.54, 1.807) is 13.8 Å². The van der Waals surface area contributed by atoms with Crippen LogP contribution in [0, 0.1) is 0 Å². The summed E-state index contributed by atoms with van der Waals surface area (Å²) in [4.78, 5) is 0. The number of aliphatic hydroxyl groups excluding tert-OH is 4. The molecule has 0 spiro atoms. The van der Waals surface area contributed by atoms with Gasteiger partial charge in [0.2, 0.25) is 0 Å². The van der Waals surface area contributed by atoms with Crippen LogP contribution in [0.25, 0.3) is 0 Å². The van der Waals surface area contributed by atoms with Gasteiger partial charge in [-0.2, -0.15) is 0 Å². The standard InChI is InChI=1S/C6H14O2.C4H10O2/c1-3-6(8)4-5(2)7;1-4(6)2-3-5/h5-8H,3-4H2,1-2H3;4-6H,2-3H2,1H3. The van der Waals surface area contributed by atoms with Crippen molar-refractivity contribution in [1.82, 2.24) is 0 Å². The molecule has 0 bridgehead atoms. The minimum atomic E-state index is -0.370. The Balaban J connectivity index is 0. The Kier molecular flexibility index (Phi) is 12.7. The van der Waals surface area contributed by atoms with Crippen molar-refractivity contribution in [3.8, 4) is 0 Å². The second-order valence-corrected chi connectivity index (χ2v) is 3.51. The molecule has 14 heavy (non-hydrogen) atoms. The van der Waals surface area contributed by atoms with Crippen LogP contribution in [0.4, 0.5) is 0 Å². The number of rotatable bonds is 5. The zero-order chi connectivity index (χ0) is 11.6. The lowest BCUT2D eigenvalue weighted by Crippen LogP contribution is -2.13. The molecule has 0 saturated carbocycles. The molecule has 0 heterocycles. The summed E-state index contributed by atoms with van der Waals surface area (Å²) in [7, 11) is 0. The summed E-state index contributed by atoms with van der Waals surface area (Å²) in [6.07, 6.45) is 0.663. The highest BCUT2D eigenvalue weighted by molar-refractivity contribution is 4.55. The average Bonchev–Trinajstić information content (AvgIpc) is 2.03. The molecule has 0 radical (unpaired) electrons. The Morgan fingerprint density at radius 3 is 1.57 bits per heavy atom. The van der Waals surface area contributed by atoms with Crippen molar-refractivity contribution in [2.24, 2.45) is 0 Å². The fraction of sp³-hybridized carbons (Fsp3) is 1.00. The van der Waals surface area contributed by atoms with Crippen LogP contribution in [-0.4, -0.2) is 45.3 Å². The molecular weight excluding hydrogens is 184 g/mol. The third-order valence-electron chi connectivity index (χ3n) is 1.63. The maximum Gasteiger partial charge on any atom is 0.0562 e. The molecule has 0 aromatic heterocycles. The molecule has 0 aromatic rings. The lowest BCUT2D eigenvalue weighted by Gasteiger charge is -2.08. The van der Waals surface area contributed by atoms with Crippen molar-refractivity contribution in [2.75, 3.05) is 6.61 Å². The van der Waals surface area contributed by atoms with Crippen molar-refractivity contribution in [3.63, 3.8) is 0 Å². The first kappa shape index (κ1) is 16.3. The van der Waals surface area contributed by atoms with Crippen LogP contribution < -0.4 is 0 Å². The monoisotopic (exact) mass is 208 g/mol. The van der Waals surface area contributed by atoms with Crippen LogP contribution in [0.3, 0.4) is 0 Å². The van der Waals surface area contributed by atoms with Crippen molar-refractivity contribution in [2.45, 2.75) is 58.3 Å².